The second kappa shape index (κ2) is 11.3. The largest absolute Gasteiger partial charge is 0.481 e. The van der Waals surface area contributed by atoms with Crippen LogP contribution in [0.15, 0.2) is 59.7 Å². The molecule has 0 saturated carbocycles. The van der Waals surface area contributed by atoms with E-state index in [9.17, 15) is 18.0 Å². The van der Waals surface area contributed by atoms with Crippen molar-refractivity contribution in [1.82, 2.24) is 5.32 Å². The number of hydrogen-bond donors (Lipinski definition) is 5. The molecule has 0 radical (unpaired) electrons. The van der Waals surface area contributed by atoms with Crippen LogP contribution in [0.3, 0.4) is 0 Å². The summed E-state index contributed by atoms with van der Waals surface area (Å²) in [5, 5.41) is 22.1. The van der Waals surface area contributed by atoms with Crippen molar-refractivity contribution >= 4 is 33.2 Å². The molecule has 172 valence electrons. The number of carbonyl (C=O) groups is 2. The number of allylic oxidation sites excluding steroid dienone is 4. The number of nitrogens with one attached hydrogen (secondary N) is 3. The summed E-state index contributed by atoms with van der Waals surface area (Å²) in [5.74, 6) is -2.18. The van der Waals surface area contributed by atoms with Crippen molar-refractivity contribution in [3.8, 4) is 0 Å². The van der Waals surface area contributed by atoms with Gasteiger partial charge in [-0.3, -0.25) is 15.0 Å². The summed E-state index contributed by atoms with van der Waals surface area (Å²) in [5.41, 5.74) is 7.26. The van der Waals surface area contributed by atoms with Gasteiger partial charge in [0.05, 0.1) is 23.1 Å². The van der Waals surface area contributed by atoms with Crippen LogP contribution in [0.2, 0.25) is 0 Å². The van der Waals surface area contributed by atoms with Crippen molar-refractivity contribution in [2.75, 3.05) is 11.1 Å². The van der Waals surface area contributed by atoms with Crippen LogP contribution in [0, 0.1) is 5.41 Å². The van der Waals surface area contributed by atoms with Gasteiger partial charge in [0.25, 0.3) is 0 Å². The second-order valence-electron chi connectivity index (χ2n) is 7.45. The Bertz CT molecular complexity index is 1040. The lowest BCUT2D eigenvalue weighted by Crippen LogP contribution is -2.41. The van der Waals surface area contributed by atoms with Gasteiger partial charge >= 0.3 is 5.97 Å². The molecule has 1 aromatic carbocycles. The first-order valence-corrected chi connectivity index (χ1v) is 11.7. The normalized spacial score (nSPS) is 14.2. The average molecular weight is 461 g/mol. The van der Waals surface area contributed by atoms with Crippen LogP contribution in [0.1, 0.15) is 37.7 Å². The van der Waals surface area contributed by atoms with Crippen molar-refractivity contribution in [3.05, 3.63) is 65.2 Å². The van der Waals surface area contributed by atoms with E-state index in [1.807, 2.05) is 0 Å². The van der Waals surface area contributed by atoms with Crippen LogP contribution in [0.25, 0.3) is 0 Å². The number of carboxylic acid groups (broad SMARTS) is 1. The molecule has 1 atom stereocenters. The second-order valence-corrected chi connectivity index (χ2v) is 9.48. The fourth-order valence-electron chi connectivity index (χ4n) is 3.11. The molecule has 1 unspecified atom stereocenters. The maximum Gasteiger partial charge on any atom is 0.305 e. The quantitative estimate of drug-likeness (QED) is 0.236. The van der Waals surface area contributed by atoms with Crippen molar-refractivity contribution in [1.29, 1.82) is 5.41 Å². The summed E-state index contributed by atoms with van der Waals surface area (Å²) in [6.45, 7) is 3.86. The van der Waals surface area contributed by atoms with Crippen molar-refractivity contribution in [2.24, 2.45) is 5.73 Å². The number of aliphatic carboxylic acids is 1. The molecule has 0 spiro atoms. The van der Waals surface area contributed by atoms with Crippen LogP contribution >= 0.6 is 0 Å². The predicted molar refractivity (Wildman–Crippen MR) is 124 cm³/mol. The summed E-state index contributed by atoms with van der Waals surface area (Å²) < 4.78 is 25.2. The van der Waals surface area contributed by atoms with E-state index in [0.29, 0.717) is 23.4 Å². The number of carboxylic acids is 1. The van der Waals surface area contributed by atoms with Gasteiger partial charge in [-0.1, -0.05) is 18.7 Å². The molecule has 32 heavy (non-hydrogen) atoms. The Hall–Kier alpha value is -3.40. The number of rotatable bonds is 12. The first-order valence-electron chi connectivity index (χ1n) is 10.1. The summed E-state index contributed by atoms with van der Waals surface area (Å²) in [4.78, 5) is 23.7. The fraction of sp³-hybridized carbons (Fsp3) is 0.318. The molecule has 1 aliphatic rings. The summed E-state index contributed by atoms with van der Waals surface area (Å²) in [6, 6.07) is 5.77. The van der Waals surface area contributed by atoms with Crippen LogP contribution in [0.5, 0.6) is 0 Å². The lowest BCUT2D eigenvalue weighted by atomic mass is 10.1. The molecule has 0 saturated heterocycles. The SMILES string of the molecule is C=C(CCC(=O)NC(CC(=O)O)CS(=O)(=O)C1=CCCC=C1)Nc1ccc(C(=N)N)cc1. The Morgan fingerprint density at radius 3 is 2.44 bits per heavy atom. The van der Waals surface area contributed by atoms with Crippen LogP contribution in [-0.2, 0) is 19.4 Å². The summed E-state index contributed by atoms with van der Waals surface area (Å²) in [7, 11) is -3.71. The van der Waals surface area contributed by atoms with Gasteiger partial charge in [0.15, 0.2) is 9.84 Å². The number of nitrogen functional groups attached to an aromatic ring is 1. The van der Waals surface area contributed by atoms with Gasteiger partial charge in [0, 0.05) is 23.4 Å². The lowest BCUT2D eigenvalue weighted by molar-refractivity contribution is -0.137. The Morgan fingerprint density at radius 1 is 1.19 bits per heavy atom. The number of nitrogens with two attached hydrogens (primary N) is 1. The third kappa shape index (κ3) is 8.03. The van der Waals surface area contributed by atoms with Crippen LogP contribution in [-0.4, -0.2) is 43.0 Å². The van der Waals surface area contributed by atoms with E-state index < -0.39 is 39.9 Å². The highest BCUT2D eigenvalue weighted by Crippen LogP contribution is 2.18. The molecule has 0 heterocycles. The number of carbonyl (C=O) groups excluding carboxylic acids is 1. The zero-order valence-corrected chi connectivity index (χ0v) is 18.5. The minimum atomic E-state index is -3.71. The molecule has 0 bridgehead atoms. The van der Waals surface area contributed by atoms with Crippen molar-refractivity contribution in [2.45, 2.75) is 38.1 Å². The van der Waals surface area contributed by atoms with E-state index in [1.165, 1.54) is 6.08 Å². The van der Waals surface area contributed by atoms with E-state index in [2.05, 4.69) is 17.2 Å². The number of benzene rings is 1. The van der Waals surface area contributed by atoms with E-state index in [0.717, 1.165) is 6.42 Å². The first kappa shape index (κ1) is 24.9. The van der Waals surface area contributed by atoms with Crippen LogP contribution in [0.4, 0.5) is 5.69 Å². The summed E-state index contributed by atoms with van der Waals surface area (Å²) in [6.07, 6.45) is 6.01. The molecule has 2 rings (SSSR count). The average Bonchev–Trinajstić information content (AvgIpc) is 2.72. The van der Waals surface area contributed by atoms with Crippen LogP contribution < -0.4 is 16.4 Å². The zero-order valence-electron chi connectivity index (χ0n) is 17.6. The Balaban J connectivity index is 1.90. The fourth-order valence-corrected chi connectivity index (χ4v) is 4.71. The lowest BCUT2D eigenvalue weighted by Gasteiger charge is -2.18. The number of amides is 1. The minimum Gasteiger partial charge on any atom is -0.481 e. The van der Waals surface area contributed by atoms with E-state index >= 15 is 0 Å². The molecule has 0 aliphatic heterocycles. The maximum absolute atomic E-state index is 12.6. The Morgan fingerprint density at radius 2 is 1.88 bits per heavy atom. The van der Waals surface area contributed by atoms with Crippen molar-refractivity contribution in [3.63, 3.8) is 0 Å². The van der Waals surface area contributed by atoms with Gasteiger partial charge in [-0.15, -0.1) is 0 Å². The maximum atomic E-state index is 12.6. The third-order valence-corrected chi connectivity index (χ3v) is 6.56. The Labute approximate surface area is 187 Å². The molecule has 1 amide bonds. The van der Waals surface area contributed by atoms with Gasteiger partial charge in [0.1, 0.15) is 5.84 Å². The first-order chi connectivity index (χ1) is 15.1. The topological polar surface area (TPSA) is 162 Å². The summed E-state index contributed by atoms with van der Waals surface area (Å²) >= 11 is 0. The standard InChI is InChI=1S/C22H28N4O5S/c1-15(25-17-10-8-16(9-11-17)22(23)24)7-12-20(27)26-18(13-21(28)29)14-32(30,31)19-5-3-2-4-6-19/h3,5-6,8-11,18,25H,1-2,4,7,12-14H2,(H3,23,24)(H,26,27)(H,28,29). The number of hydrogen-bond acceptors (Lipinski definition) is 6. The molecule has 9 nitrogen and oxygen atoms in total. The smallest absolute Gasteiger partial charge is 0.305 e. The van der Waals surface area contributed by atoms with Gasteiger partial charge in [-0.05, 0) is 49.6 Å². The molecule has 6 N–H and O–H groups in total. The number of amidine groups is 1. The highest BCUT2D eigenvalue weighted by molar-refractivity contribution is 7.95. The molecule has 0 aromatic heterocycles. The highest BCUT2D eigenvalue weighted by Gasteiger charge is 2.26. The molecule has 10 heteroatoms. The van der Waals surface area contributed by atoms with Gasteiger partial charge < -0.3 is 21.5 Å². The third-order valence-electron chi connectivity index (χ3n) is 4.70. The molecular weight excluding hydrogens is 432 g/mol. The number of sulfone groups is 1. The Kier molecular flexibility index (Phi) is 8.77. The van der Waals surface area contributed by atoms with E-state index in [-0.39, 0.29) is 23.6 Å². The molecular formula is C22H28N4O5S. The monoisotopic (exact) mass is 460 g/mol. The molecule has 1 aliphatic carbocycles. The van der Waals surface area contributed by atoms with E-state index in [4.69, 9.17) is 16.2 Å². The predicted octanol–water partition coefficient (Wildman–Crippen LogP) is 2.28. The van der Waals surface area contributed by atoms with Gasteiger partial charge in [-0.25, -0.2) is 8.42 Å². The minimum absolute atomic E-state index is 0.0100. The molecule has 1 aromatic rings. The van der Waals surface area contributed by atoms with Gasteiger partial charge in [-0.2, -0.15) is 0 Å². The molecule has 0 fully saturated rings. The van der Waals surface area contributed by atoms with Gasteiger partial charge in [0.2, 0.25) is 5.91 Å². The highest BCUT2D eigenvalue weighted by atomic mass is 32.2. The number of anilines is 1. The van der Waals surface area contributed by atoms with E-state index in [1.54, 1.807) is 36.4 Å². The zero-order chi connectivity index (χ0) is 23.7. The van der Waals surface area contributed by atoms with Crippen molar-refractivity contribution < 1.29 is 23.1 Å².